The van der Waals surface area contributed by atoms with Gasteiger partial charge in [-0.05, 0) is 170 Å². The molecule has 10 aliphatic carbocycles. The van der Waals surface area contributed by atoms with Gasteiger partial charge in [0.1, 0.15) is 0 Å². The Morgan fingerprint density at radius 2 is 0.902 bits per heavy atom. The molecule has 0 nitrogen and oxygen atoms in total. The molecule has 3 unspecified atom stereocenters. The third kappa shape index (κ3) is 6.01. The van der Waals surface area contributed by atoms with Crippen molar-refractivity contribution in [1.82, 2.24) is 0 Å². The molecule has 0 spiro atoms. The minimum absolute atomic E-state index is 0.500. The molecule has 10 rings (SSSR count). The molecule has 0 aromatic rings. The van der Waals surface area contributed by atoms with Crippen LogP contribution in [-0.4, -0.2) is 0 Å². The Balaban J connectivity index is 0.000000115. The van der Waals surface area contributed by atoms with Gasteiger partial charge < -0.3 is 0 Å². The molecule has 0 saturated heterocycles. The van der Waals surface area contributed by atoms with Crippen LogP contribution in [0.15, 0.2) is 0 Å². The van der Waals surface area contributed by atoms with Gasteiger partial charge in [0.05, 0.1) is 0 Å². The first-order chi connectivity index (χ1) is 18.9. The van der Waals surface area contributed by atoms with E-state index in [9.17, 15) is 0 Å². The quantitative estimate of drug-likeness (QED) is 0.296. The summed E-state index contributed by atoms with van der Waals surface area (Å²) in [5.41, 5.74) is 3.24. The third-order valence-corrected chi connectivity index (χ3v) is 16.2. The zero-order valence-corrected chi connectivity index (χ0v) is 30.2. The van der Waals surface area contributed by atoms with Crippen molar-refractivity contribution in [3.8, 4) is 0 Å². The van der Waals surface area contributed by atoms with Crippen LogP contribution in [0.4, 0.5) is 0 Å². The third-order valence-electron chi connectivity index (χ3n) is 16.2. The van der Waals surface area contributed by atoms with Gasteiger partial charge in [-0.15, -0.1) is 0 Å². The van der Waals surface area contributed by atoms with Gasteiger partial charge in [-0.2, -0.15) is 0 Å². The number of fused-ring (bicyclic) bond motifs is 2. The molecule has 0 radical (unpaired) electrons. The van der Waals surface area contributed by atoms with Gasteiger partial charge in [0.15, 0.2) is 0 Å². The molecular weight excluding hydrogens is 492 g/mol. The number of rotatable bonds is 1. The highest BCUT2D eigenvalue weighted by molar-refractivity contribution is 5.09. The fourth-order valence-electron chi connectivity index (χ4n) is 12.8. The predicted octanol–water partition coefficient (Wildman–Crippen LogP) is 12.8. The second kappa shape index (κ2) is 11.1. The maximum Gasteiger partial charge on any atom is -0.0246 e. The zero-order valence-electron chi connectivity index (χ0n) is 30.2. The molecule has 10 fully saturated rings. The minimum Gasteiger partial charge on any atom is -0.0648 e. The molecule has 0 amide bonds. The Labute approximate surface area is 258 Å². The molecule has 10 saturated carbocycles. The monoisotopic (exact) mass is 567 g/mol. The van der Waals surface area contributed by atoms with E-state index in [1.54, 1.807) is 64.2 Å². The van der Waals surface area contributed by atoms with Gasteiger partial charge in [0.25, 0.3) is 0 Å². The maximum absolute atomic E-state index is 2.58. The van der Waals surface area contributed by atoms with Crippen LogP contribution in [0.25, 0.3) is 0 Å². The lowest BCUT2D eigenvalue weighted by atomic mass is 9.45. The highest BCUT2D eigenvalue weighted by atomic mass is 14.6. The SMILES string of the molecule is CC(C)(C)C.CC1(C)C2CC3CC(C2)CC1C3.CC1CC2CCC1(C)C2(C)C.CCC1(C)C2CC3CC(C2)CC1C3. The van der Waals surface area contributed by atoms with Gasteiger partial charge in [-0.25, -0.2) is 0 Å². The van der Waals surface area contributed by atoms with Crippen LogP contribution in [0.5, 0.6) is 0 Å². The van der Waals surface area contributed by atoms with E-state index in [2.05, 4.69) is 83.1 Å². The fourth-order valence-corrected chi connectivity index (χ4v) is 12.8. The molecule has 0 aromatic heterocycles. The molecule has 10 aliphatic rings. The van der Waals surface area contributed by atoms with E-state index >= 15 is 0 Å². The molecule has 0 heterocycles. The maximum atomic E-state index is 2.58. The van der Waals surface area contributed by atoms with Crippen LogP contribution in [-0.2, 0) is 0 Å². The van der Waals surface area contributed by atoms with Crippen molar-refractivity contribution in [1.29, 1.82) is 0 Å². The minimum atomic E-state index is 0.500. The van der Waals surface area contributed by atoms with Crippen molar-refractivity contribution in [2.24, 2.45) is 86.3 Å². The van der Waals surface area contributed by atoms with Crippen LogP contribution >= 0.6 is 0 Å². The molecule has 41 heavy (non-hydrogen) atoms. The van der Waals surface area contributed by atoms with Crippen molar-refractivity contribution < 1.29 is 0 Å². The van der Waals surface area contributed by atoms with Crippen molar-refractivity contribution in [3.05, 3.63) is 0 Å². The van der Waals surface area contributed by atoms with E-state index in [1.165, 1.54) is 25.7 Å². The van der Waals surface area contributed by atoms with Crippen molar-refractivity contribution in [3.63, 3.8) is 0 Å². The molecule has 0 N–H and O–H groups in total. The summed E-state index contributed by atoms with van der Waals surface area (Å²) in [5, 5.41) is 0. The van der Waals surface area contributed by atoms with Crippen molar-refractivity contribution >= 4 is 0 Å². The van der Waals surface area contributed by atoms with Crippen molar-refractivity contribution in [2.75, 3.05) is 0 Å². The average molecular weight is 567 g/mol. The summed E-state index contributed by atoms with van der Waals surface area (Å²) >= 11 is 0. The van der Waals surface area contributed by atoms with Gasteiger partial charge >= 0.3 is 0 Å². The first kappa shape index (κ1) is 32.4. The lowest BCUT2D eigenvalue weighted by Gasteiger charge is -2.60. The number of hydrogen-bond acceptors (Lipinski definition) is 0. The van der Waals surface area contributed by atoms with E-state index < -0.39 is 0 Å². The summed E-state index contributed by atoms with van der Waals surface area (Å²) in [6, 6.07) is 0. The summed E-state index contributed by atoms with van der Waals surface area (Å²) in [4.78, 5) is 0. The molecule has 0 aromatic carbocycles. The van der Waals surface area contributed by atoms with E-state index in [0.717, 1.165) is 64.6 Å². The van der Waals surface area contributed by atoms with Gasteiger partial charge in [-0.3, -0.25) is 0 Å². The Morgan fingerprint density at radius 1 is 0.537 bits per heavy atom. The molecule has 10 bridgehead atoms. The van der Waals surface area contributed by atoms with Crippen LogP contribution in [0.2, 0.25) is 0 Å². The van der Waals surface area contributed by atoms with E-state index in [0.29, 0.717) is 21.7 Å². The standard InChI is InChI=1S/C13H22.C12H20.C11H20.C5H12/c1-3-13(2)11-5-9-4-10(7-11)8-12(13)6-9;1-12(2)10-4-8-3-9(6-10)7-11(12)5-8;1-8-7-9-5-6-11(8,4)10(9,2)3;1-5(2,3)4/h9-12H,3-8H2,1-2H3;8-11H,3-7H2,1-2H3;8-9H,5-7H2,1-4H3;1-4H3. The molecule has 3 atom stereocenters. The Kier molecular flexibility index (Phi) is 8.78. The Morgan fingerprint density at radius 3 is 1.15 bits per heavy atom. The molecular formula is C41H74. The summed E-state index contributed by atoms with van der Waals surface area (Å²) in [5.74, 6) is 11.0. The predicted molar refractivity (Wildman–Crippen MR) is 180 cm³/mol. The zero-order chi connectivity index (χ0) is 30.2. The van der Waals surface area contributed by atoms with E-state index in [1.807, 2.05) is 0 Å². The van der Waals surface area contributed by atoms with Crippen LogP contribution in [0.1, 0.15) is 173 Å². The first-order valence-corrected chi connectivity index (χ1v) is 18.9. The van der Waals surface area contributed by atoms with E-state index in [4.69, 9.17) is 0 Å². The molecule has 0 heteroatoms. The second-order valence-corrected chi connectivity index (χ2v) is 20.8. The van der Waals surface area contributed by atoms with Crippen LogP contribution < -0.4 is 0 Å². The lowest BCUT2D eigenvalue weighted by Crippen LogP contribution is -2.51. The van der Waals surface area contributed by atoms with Crippen LogP contribution in [0, 0.1) is 86.3 Å². The summed E-state index contributed by atoms with van der Waals surface area (Å²) in [7, 11) is 0. The highest BCUT2D eigenvalue weighted by Gasteiger charge is 2.59. The number of hydrogen-bond donors (Lipinski definition) is 0. The first-order valence-electron chi connectivity index (χ1n) is 18.9. The van der Waals surface area contributed by atoms with Gasteiger partial charge in [0.2, 0.25) is 0 Å². The largest absolute Gasteiger partial charge is 0.0648 e. The second-order valence-electron chi connectivity index (χ2n) is 20.8. The smallest absolute Gasteiger partial charge is 0.0246 e. The highest BCUT2D eigenvalue weighted by Crippen LogP contribution is 2.68. The Hall–Kier alpha value is 0. The average Bonchev–Trinajstić information content (AvgIpc) is 3.18. The molecule has 238 valence electrons. The van der Waals surface area contributed by atoms with Gasteiger partial charge in [0, 0.05) is 0 Å². The van der Waals surface area contributed by atoms with Crippen molar-refractivity contribution in [2.45, 2.75) is 173 Å². The lowest BCUT2D eigenvalue weighted by molar-refractivity contribution is -0.1000. The molecule has 0 aliphatic heterocycles. The van der Waals surface area contributed by atoms with E-state index in [-0.39, 0.29) is 0 Å². The summed E-state index contributed by atoms with van der Waals surface area (Å²) in [6.07, 6.45) is 21.7. The summed E-state index contributed by atoms with van der Waals surface area (Å²) in [6.45, 7) is 28.7. The van der Waals surface area contributed by atoms with Crippen LogP contribution in [0.3, 0.4) is 0 Å². The van der Waals surface area contributed by atoms with Gasteiger partial charge in [-0.1, -0.05) is 89.5 Å². The normalized spacial score (nSPS) is 50.3. The fraction of sp³-hybridized carbons (Fsp3) is 1.00. The Bertz CT molecular complexity index is 831. The topological polar surface area (TPSA) is 0 Å². The summed E-state index contributed by atoms with van der Waals surface area (Å²) < 4.78 is 0.